The smallest absolute Gasteiger partial charge is 0.251 e. The molecule has 2 amide bonds. The van der Waals surface area contributed by atoms with E-state index in [0.29, 0.717) is 17.9 Å². The van der Waals surface area contributed by atoms with Crippen molar-refractivity contribution in [2.24, 2.45) is 0 Å². The minimum atomic E-state index is -0.208. The number of fused-ring (bicyclic) bond motifs is 1. The summed E-state index contributed by atoms with van der Waals surface area (Å²) in [5.41, 5.74) is 3.77. The van der Waals surface area contributed by atoms with Gasteiger partial charge in [0.05, 0.1) is 12.1 Å². The fourth-order valence-electron chi connectivity index (χ4n) is 3.70. The van der Waals surface area contributed by atoms with Gasteiger partial charge in [0.15, 0.2) is 5.82 Å². The van der Waals surface area contributed by atoms with Gasteiger partial charge in [0.25, 0.3) is 5.91 Å². The molecule has 2 N–H and O–H groups in total. The van der Waals surface area contributed by atoms with E-state index in [2.05, 4.69) is 41.5 Å². The van der Waals surface area contributed by atoms with Crippen LogP contribution in [0.5, 0.6) is 0 Å². The van der Waals surface area contributed by atoms with Crippen molar-refractivity contribution in [3.63, 3.8) is 0 Å². The highest BCUT2D eigenvalue weighted by atomic mass is 16.2. The minimum Gasteiger partial charge on any atom is -0.352 e. The Morgan fingerprint density at radius 3 is 2.50 bits per heavy atom. The molecule has 2 heterocycles. The number of carbonyl (C=O) groups excluding carboxylic acids is 2. The fraction of sp³-hybridized carbons (Fsp3) is 0.259. The van der Waals surface area contributed by atoms with Crippen LogP contribution in [0.3, 0.4) is 0 Å². The molecule has 0 unspecified atom stereocenters. The zero-order valence-electron chi connectivity index (χ0n) is 19.7. The maximum Gasteiger partial charge on any atom is 0.251 e. The number of aromatic nitrogens is 3. The summed E-state index contributed by atoms with van der Waals surface area (Å²) in [6, 6.07) is 19.3. The molecule has 4 aromatic rings. The molecule has 0 spiro atoms. The SMILES string of the molecule is CC(C)(C)c1ccc(C(=O)NCCC(=O)Nc2ccn(Cc3cccc4cccnc34)n2)cc1. The second-order valence-electron chi connectivity index (χ2n) is 9.27. The number of nitrogens with one attached hydrogen (secondary N) is 2. The highest BCUT2D eigenvalue weighted by Gasteiger charge is 2.14. The van der Waals surface area contributed by atoms with Crippen molar-refractivity contribution in [3.05, 3.63) is 89.7 Å². The molecule has 0 atom stereocenters. The first-order valence-corrected chi connectivity index (χ1v) is 11.3. The molecule has 0 radical (unpaired) electrons. The van der Waals surface area contributed by atoms with Gasteiger partial charge in [-0.2, -0.15) is 5.10 Å². The number of para-hydroxylation sites is 1. The summed E-state index contributed by atoms with van der Waals surface area (Å²) in [6.07, 6.45) is 3.76. The van der Waals surface area contributed by atoms with E-state index in [0.717, 1.165) is 16.5 Å². The Morgan fingerprint density at radius 1 is 0.971 bits per heavy atom. The maximum atomic E-state index is 12.4. The molecule has 4 rings (SSSR count). The number of anilines is 1. The minimum absolute atomic E-state index is 0.0336. The molecule has 174 valence electrons. The van der Waals surface area contributed by atoms with Crippen molar-refractivity contribution in [1.82, 2.24) is 20.1 Å². The molecule has 0 saturated carbocycles. The Bertz CT molecular complexity index is 1300. The quantitative estimate of drug-likeness (QED) is 0.428. The number of amides is 2. The average Bonchev–Trinajstić information content (AvgIpc) is 3.25. The molecule has 0 aliphatic rings. The molecule has 0 aliphatic carbocycles. The largest absolute Gasteiger partial charge is 0.352 e. The van der Waals surface area contributed by atoms with E-state index in [1.807, 2.05) is 60.8 Å². The van der Waals surface area contributed by atoms with Crippen molar-refractivity contribution >= 4 is 28.5 Å². The van der Waals surface area contributed by atoms with Gasteiger partial charge in [0, 0.05) is 42.4 Å². The number of carbonyl (C=O) groups is 2. The first-order chi connectivity index (χ1) is 16.3. The van der Waals surface area contributed by atoms with Crippen LogP contribution in [0.1, 0.15) is 48.7 Å². The Kier molecular flexibility index (Phi) is 6.72. The zero-order chi connectivity index (χ0) is 24.1. The lowest BCUT2D eigenvalue weighted by Gasteiger charge is -2.19. The van der Waals surface area contributed by atoms with E-state index < -0.39 is 0 Å². The maximum absolute atomic E-state index is 12.4. The molecule has 2 aromatic heterocycles. The summed E-state index contributed by atoms with van der Waals surface area (Å²) in [7, 11) is 0. The zero-order valence-corrected chi connectivity index (χ0v) is 19.7. The molecule has 0 saturated heterocycles. The first kappa shape index (κ1) is 23.2. The van der Waals surface area contributed by atoms with E-state index in [4.69, 9.17) is 0 Å². The summed E-state index contributed by atoms with van der Waals surface area (Å²) >= 11 is 0. The first-order valence-electron chi connectivity index (χ1n) is 11.3. The third-order valence-electron chi connectivity index (χ3n) is 5.61. The van der Waals surface area contributed by atoms with Crippen molar-refractivity contribution < 1.29 is 9.59 Å². The standard InChI is InChI=1S/C27H29N5O2/c1-27(2,3)22-11-9-20(10-12-22)26(34)29-16-13-24(33)30-23-14-17-32(31-23)18-21-7-4-6-19-8-5-15-28-25(19)21/h4-12,14-15,17H,13,16,18H2,1-3H3,(H,29,34)(H,30,31,33). The second-order valence-corrected chi connectivity index (χ2v) is 9.27. The molecular weight excluding hydrogens is 426 g/mol. The third-order valence-corrected chi connectivity index (χ3v) is 5.61. The van der Waals surface area contributed by atoms with Crippen molar-refractivity contribution in [2.75, 3.05) is 11.9 Å². The Hall–Kier alpha value is -4.00. The van der Waals surface area contributed by atoms with E-state index in [1.54, 1.807) is 16.9 Å². The average molecular weight is 456 g/mol. The number of benzene rings is 2. The second kappa shape index (κ2) is 9.87. The van der Waals surface area contributed by atoms with Gasteiger partial charge in [-0.1, -0.05) is 57.2 Å². The van der Waals surface area contributed by atoms with Gasteiger partial charge in [-0.05, 0) is 34.7 Å². The lowest BCUT2D eigenvalue weighted by molar-refractivity contribution is -0.116. The van der Waals surface area contributed by atoms with Crippen LogP contribution in [0.15, 0.2) is 73.1 Å². The molecule has 0 fully saturated rings. The molecular formula is C27H29N5O2. The highest BCUT2D eigenvalue weighted by molar-refractivity contribution is 5.95. The summed E-state index contributed by atoms with van der Waals surface area (Å²) in [6.45, 7) is 7.18. The van der Waals surface area contributed by atoms with Crippen LogP contribution in [0.25, 0.3) is 10.9 Å². The summed E-state index contributed by atoms with van der Waals surface area (Å²) in [4.78, 5) is 29.1. The highest BCUT2D eigenvalue weighted by Crippen LogP contribution is 2.22. The summed E-state index contributed by atoms with van der Waals surface area (Å²) in [5, 5.41) is 11.1. The predicted octanol–water partition coefficient (Wildman–Crippen LogP) is 4.54. The van der Waals surface area contributed by atoms with Gasteiger partial charge < -0.3 is 10.6 Å². The van der Waals surface area contributed by atoms with E-state index >= 15 is 0 Å². The van der Waals surface area contributed by atoms with E-state index in [-0.39, 0.29) is 30.2 Å². The van der Waals surface area contributed by atoms with Crippen LogP contribution in [0.2, 0.25) is 0 Å². The van der Waals surface area contributed by atoms with E-state index in [9.17, 15) is 9.59 Å². The monoisotopic (exact) mass is 455 g/mol. The van der Waals surface area contributed by atoms with Gasteiger partial charge in [-0.25, -0.2) is 0 Å². The molecule has 0 aliphatic heterocycles. The van der Waals surface area contributed by atoms with Crippen LogP contribution in [-0.4, -0.2) is 33.1 Å². The number of hydrogen-bond donors (Lipinski definition) is 2. The number of rotatable bonds is 7. The van der Waals surface area contributed by atoms with Crippen LogP contribution >= 0.6 is 0 Å². The summed E-state index contributed by atoms with van der Waals surface area (Å²) in [5.74, 6) is 0.0731. The molecule has 34 heavy (non-hydrogen) atoms. The van der Waals surface area contributed by atoms with Gasteiger partial charge >= 0.3 is 0 Å². The molecule has 7 heteroatoms. The van der Waals surface area contributed by atoms with Crippen LogP contribution in [0, 0.1) is 0 Å². The normalized spacial score (nSPS) is 11.4. The van der Waals surface area contributed by atoms with Crippen molar-refractivity contribution in [1.29, 1.82) is 0 Å². The van der Waals surface area contributed by atoms with Crippen molar-refractivity contribution in [2.45, 2.75) is 39.2 Å². The van der Waals surface area contributed by atoms with Gasteiger partial charge in [0.1, 0.15) is 0 Å². The molecule has 2 aromatic carbocycles. The number of pyridine rings is 1. The van der Waals surface area contributed by atoms with Crippen LogP contribution < -0.4 is 10.6 Å². The lowest BCUT2D eigenvalue weighted by Crippen LogP contribution is -2.27. The van der Waals surface area contributed by atoms with Crippen LogP contribution in [0.4, 0.5) is 5.82 Å². The molecule has 0 bridgehead atoms. The summed E-state index contributed by atoms with van der Waals surface area (Å²) < 4.78 is 1.77. The Balaban J connectivity index is 1.27. The van der Waals surface area contributed by atoms with Gasteiger partial charge in [-0.15, -0.1) is 0 Å². The van der Waals surface area contributed by atoms with Gasteiger partial charge in [-0.3, -0.25) is 19.3 Å². The number of nitrogens with zero attached hydrogens (tertiary/aromatic N) is 3. The predicted molar refractivity (Wildman–Crippen MR) is 134 cm³/mol. The Morgan fingerprint density at radius 2 is 1.74 bits per heavy atom. The fourth-order valence-corrected chi connectivity index (χ4v) is 3.70. The van der Waals surface area contributed by atoms with E-state index in [1.165, 1.54) is 5.56 Å². The Labute approximate surface area is 199 Å². The topological polar surface area (TPSA) is 88.9 Å². The van der Waals surface area contributed by atoms with Gasteiger partial charge in [0.2, 0.25) is 5.91 Å². The third kappa shape index (κ3) is 5.67. The molecule has 7 nitrogen and oxygen atoms in total. The van der Waals surface area contributed by atoms with Crippen molar-refractivity contribution in [3.8, 4) is 0 Å². The van der Waals surface area contributed by atoms with Crippen LogP contribution in [-0.2, 0) is 16.8 Å². The lowest BCUT2D eigenvalue weighted by atomic mass is 9.87. The number of hydrogen-bond acceptors (Lipinski definition) is 4.